The summed E-state index contributed by atoms with van der Waals surface area (Å²) < 4.78 is 5.11. The fourth-order valence-corrected chi connectivity index (χ4v) is 3.43. The molecule has 0 radical (unpaired) electrons. The minimum atomic E-state index is -0.321. The number of rotatable bonds is 7. The van der Waals surface area contributed by atoms with Gasteiger partial charge in [0.25, 0.3) is 5.91 Å². The summed E-state index contributed by atoms with van der Waals surface area (Å²) in [4.78, 5) is 38.5. The Hall–Kier alpha value is -3.39. The highest BCUT2D eigenvalue weighted by Crippen LogP contribution is 2.20. The van der Waals surface area contributed by atoms with Crippen LogP contribution in [0.3, 0.4) is 0 Å². The molecule has 0 spiro atoms. The number of amides is 3. The summed E-state index contributed by atoms with van der Waals surface area (Å²) in [5, 5.41) is 5.64. The molecule has 30 heavy (non-hydrogen) atoms. The molecule has 0 aromatic heterocycles. The molecule has 0 bridgehead atoms. The maximum Gasteiger partial charge on any atom is 0.257 e. The zero-order chi connectivity index (χ0) is 21.5. The van der Waals surface area contributed by atoms with Gasteiger partial charge in [0, 0.05) is 11.6 Å². The summed E-state index contributed by atoms with van der Waals surface area (Å²) in [6.45, 7) is 1.47. The van der Waals surface area contributed by atoms with Gasteiger partial charge in [-0.3, -0.25) is 19.3 Å². The van der Waals surface area contributed by atoms with Gasteiger partial charge in [-0.25, -0.2) is 0 Å². The van der Waals surface area contributed by atoms with E-state index in [-0.39, 0.29) is 30.2 Å². The number of hydrogen-bond acceptors (Lipinski definition) is 5. The van der Waals surface area contributed by atoms with Crippen LogP contribution in [-0.4, -0.2) is 49.4 Å². The number of para-hydroxylation sites is 1. The van der Waals surface area contributed by atoms with Crippen molar-refractivity contribution in [3.63, 3.8) is 0 Å². The molecule has 3 amide bonds. The number of hydrogen-bond donors (Lipinski definition) is 3. The largest absolute Gasteiger partial charge is 0.497 e. The molecule has 0 unspecified atom stereocenters. The molecule has 0 saturated carbocycles. The number of piperidine rings is 1. The summed E-state index contributed by atoms with van der Waals surface area (Å²) >= 11 is 0. The van der Waals surface area contributed by atoms with E-state index in [1.807, 2.05) is 4.90 Å². The van der Waals surface area contributed by atoms with Crippen LogP contribution < -0.4 is 21.1 Å². The average molecular weight is 410 g/mol. The third-order valence-electron chi connectivity index (χ3n) is 5.15. The third kappa shape index (κ3) is 5.57. The van der Waals surface area contributed by atoms with Crippen LogP contribution in [0.25, 0.3) is 0 Å². The van der Waals surface area contributed by atoms with Crippen LogP contribution in [0.4, 0.5) is 11.4 Å². The molecule has 158 valence electrons. The molecule has 0 aliphatic carbocycles. The Morgan fingerprint density at radius 1 is 1.03 bits per heavy atom. The molecule has 1 fully saturated rings. The highest BCUT2D eigenvalue weighted by atomic mass is 16.5. The second-order valence-electron chi connectivity index (χ2n) is 7.23. The van der Waals surface area contributed by atoms with Crippen LogP contribution in [0.2, 0.25) is 0 Å². The first-order valence-corrected chi connectivity index (χ1v) is 9.82. The lowest BCUT2D eigenvalue weighted by Gasteiger charge is -2.29. The van der Waals surface area contributed by atoms with Crippen molar-refractivity contribution < 1.29 is 19.1 Å². The molecule has 2 aromatic rings. The van der Waals surface area contributed by atoms with Gasteiger partial charge < -0.3 is 21.1 Å². The Morgan fingerprint density at radius 2 is 1.70 bits per heavy atom. The minimum Gasteiger partial charge on any atom is -0.497 e. The molecule has 1 aliphatic rings. The van der Waals surface area contributed by atoms with Crippen molar-refractivity contribution in [3.8, 4) is 5.75 Å². The van der Waals surface area contributed by atoms with Gasteiger partial charge in [0.2, 0.25) is 11.8 Å². The highest BCUT2D eigenvalue weighted by Gasteiger charge is 2.24. The van der Waals surface area contributed by atoms with Crippen molar-refractivity contribution in [2.75, 3.05) is 37.4 Å². The maximum absolute atomic E-state index is 12.7. The van der Waals surface area contributed by atoms with Gasteiger partial charge in [-0.15, -0.1) is 0 Å². The van der Waals surface area contributed by atoms with E-state index in [0.29, 0.717) is 48.6 Å². The van der Waals surface area contributed by atoms with E-state index in [1.165, 1.54) is 0 Å². The summed E-state index contributed by atoms with van der Waals surface area (Å²) in [6.07, 6.45) is 1.31. The zero-order valence-corrected chi connectivity index (χ0v) is 16.9. The standard InChI is InChI=1S/C22H26N4O4/c1-30-17-8-6-16(7-9-17)24-22(29)18-4-2-3-5-19(18)25-20(27)14-26-12-10-15(11-13-26)21(23)28/h2-9,15H,10-14H2,1H3,(H2,23,28)(H,24,29)(H,25,27). The smallest absolute Gasteiger partial charge is 0.257 e. The lowest BCUT2D eigenvalue weighted by molar-refractivity contribution is -0.123. The molecule has 1 heterocycles. The second-order valence-corrected chi connectivity index (χ2v) is 7.23. The predicted molar refractivity (Wildman–Crippen MR) is 114 cm³/mol. The third-order valence-corrected chi connectivity index (χ3v) is 5.15. The molecular weight excluding hydrogens is 384 g/mol. The Balaban J connectivity index is 1.59. The van der Waals surface area contributed by atoms with E-state index in [2.05, 4.69) is 10.6 Å². The molecule has 0 atom stereocenters. The normalized spacial score (nSPS) is 14.7. The maximum atomic E-state index is 12.7. The van der Waals surface area contributed by atoms with Gasteiger partial charge >= 0.3 is 0 Å². The average Bonchev–Trinajstić information content (AvgIpc) is 2.75. The van der Waals surface area contributed by atoms with Gasteiger partial charge in [-0.2, -0.15) is 0 Å². The fraction of sp³-hybridized carbons (Fsp3) is 0.318. The Morgan fingerprint density at radius 3 is 2.33 bits per heavy atom. The molecule has 2 aromatic carbocycles. The fourth-order valence-electron chi connectivity index (χ4n) is 3.43. The first kappa shape index (κ1) is 21.3. The summed E-state index contributed by atoms with van der Waals surface area (Å²) in [7, 11) is 1.58. The van der Waals surface area contributed by atoms with Crippen LogP contribution in [0.5, 0.6) is 5.75 Å². The number of nitrogens with one attached hydrogen (secondary N) is 2. The van der Waals surface area contributed by atoms with Crippen LogP contribution >= 0.6 is 0 Å². The number of likely N-dealkylation sites (tertiary alicyclic amines) is 1. The lowest BCUT2D eigenvalue weighted by Crippen LogP contribution is -2.42. The van der Waals surface area contributed by atoms with Crippen LogP contribution in [0.1, 0.15) is 23.2 Å². The second kappa shape index (κ2) is 9.89. The minimum absolute atomic E-state index is 0.119. The van der Waals surface area contributed by atoms with Crippen LogP contribution in [0, 0.1) is 5.92 Å². The molecular formula is C22H26N4O4. The molecule has 1 saturated heterocycles. The van der Waals surface area contributed by atoms with E-state index in [0.717, 1.165) is 0 Å². The number of anilines is 2. The quantitative estimate of drug-likeness (QED) is 0.647. The number of methoxy groups -OCH3 is 1. The van der Waals surface area contributed by atoms with Gasteiger partial charge in [0.15, 0.2) is 0 Å². The topological polar surface area (TPSA) is 114 Å². The number of nitrogens with zero attached hydrogens (tertiary/aromatic N) is 1. The predicted octanol–water partition coefficient (Wildman–Crippen LogP) is 2.08. The summed E-state index contributed by atoms with van der Waals surface area (Å²) in [6, 6.07) is 13.9. The van der Waals surface area contributed by atoms with E-state index in [1.54, 1.807) is 55.6 Å². The summed E-state index contributed by atoms with van der Waals surface area (Å²) in [5.74, 6) is -0.237. The molecule has 4 N–H and O–H groups in total. The Bertz CT molecular complexity index is 906. The number of carbonyl (C=O) groups is 3. The molecule has 1 aliphatic heterocycles. The van der Waals surface area contributed by atoms with Crippen molar-refractivity contribution in [2.24, 2.45) is 11.7 Å². The van der Waals surface area contributed by atoms with E-state index < -0.39 is 0 Å². The van der Waals surface area contributed by atoms with Crippen molar-refractivity contribution in [3.05, 3.63) is 54.1 Å². The van der Waals surface area contributed by atoms with Crippen molar-refractivity contribution in [2.45, 2.75) is 12.8 Å². The van der Waals surface area contributed by atoms with E-state index in [9.17, 15) is 14.4 Å². The number of carbonyl (C=O) groups excluding carboxylic acids is 3. The molecule has 8 heteroatoms. The highest BCUT2D eigenvalue weighted by molar-refractivity contribution is 6.10. The SMILES string of the molecule is COc1ccc(NC(=O)c2ccccc2NC(=O)CN2CCC(C(N)=O)CC2)cc1. The Labute approximate surface area is 175 Å². The number of ether oxygens (including phenoxy) is 1. The lowest BCUT2D eigenvalue weighted by atomic mass is 9.96. The van der Waals surface area contributed by atoms with Gasteiger partial charge in [0.1, 0.15) is 5.75 Å². The van der Waals surface area contributed by atoms with Gasteiger partial charge in [-0.1, -0.05) is 12.1 Å². The number of benzene rings is 2. The summed E-state index contributed by atoms with van der Waals surface area (Å²) in [5.41, 5.74) is 6.79. The van der Waals surface area contributed by atoms with Gasteiger partial charge in [-0.05, 0) is 62.3 Å². The molecule has 8 nitrogen and oxygen atoms in total. The first-order valence-electron chi connectivity index (χ1n) is 9.82. The van der Waals surface area contributed by atoms with Crippen LogP contribution in [0.15, 0.2) is 48.5 Å². The van der Waals surface area contributed by atoms with Crippen molar-refractivity contribution in [1.82, 2.24) is 4.90 Å². The zero-order valence-electron chi connectivity index (χ0n) is 16.9. The van der Waals surface area contributed by atoms with Gasteiger partial charge in [0.05, 0.1) is 24.9 Å². The molecule has 3 rings (SSSR count). The number of primary amides is 1. The Kier molecular flexibility index (Phi) is 7.03. The van der Waals surface area contributed by atoms with Crippen molar-refractivity contribution in [1.29, 1.82) is 0 Å². The van der Waals surface area contributed by atoms with Crippen LogP contribution in [-0.2, 0) is 9.59 Å². The van der Waals surface area contributed by atoms with Crippen molar-refractivity contribution >= 4 is 29.1 Å². The first-order chi connectivity index (χ1) is 14.5. The number of nitrogens with two attached hydrogens (primary N) is 1. The monoisotopic (exact) mass is 410 g/mol. The van der Waals surface area contributed by atoms with E-state index in [4.69, 9.17) is 10.5 Å². The van der Waals surface area contributed by atoms with E-state index >= 15 is 0 Å².